The zero-order valence-electron chi connectivity index (χ0n) is 11.2. The number of hydrogen-bond acceptors (Lipinski definition) is 6. The summed E-state index contributed by atoms with van der Waals surface area (Å²) >= 11 is 0. The van der Waals surface area contributed by atoms with Gasteiger partial charge in [-0.15, -0.1) is 5.10 Å². The van der Waals surface area contributed by atoms with Gasteiger partial charge in [0, 0.05) is 6.17 Å². The Kier molecular flexibility index (Phi) is 4.22. The first-order chi connectivity index (χ1) is 8.30. The summed E-state index contributed by atoms with van der Waals surface area (Å²) in [5.74, 6) is -1.34. The molecule has 0 fully saturated rings. The van der Waals surface area contributed by atoms with Crippen molar-refractivity contribution in [2.75, 3.05) is 14.2 Å². The predicted octanol–water partition coefficient (Wildman–Crippen LogP) is 0.729. The largest absolute Gasteiger partial charge is 0.464 e. The van der Waals surface area contributed by atoms with Crippen molar-refractivity contribution in [1.82, 2.24) is 15.0 Å². The van der Waals surface area contributed by atoms with E-state index in [9.17, 15) is 9.59 Å². The number of carbonyl (C=O) groups is 2. The number of aromatic nitrogens is 3. The first-order valence-electron chi connectivity index (χ1n) is 5.40. The maximum atomic E-state index is 11.7. The van der Waals surface area contributed by atoms with E-state index in [2.05, 4.69) is 39.4 Å². The van der Waals surface area contributed by atoms with Gasteiger partial charge in [0.15, 0.2) is 5.69 Å². The molecule has 100 valence electrons. The molecule has 0 radical (unpaired) electrons. The predicted molar refractivity (Wildman–Crippen MR) is 66.0 cm³/mol. The third kappa shape index (κ3) is 3.16. The molecule has 1 aromatic heterocycles. The molecular formula is C10H17N3O4Si. The van der Waals surface area contributed by atoms with Gasteiger partial charge in [-0.05, 0) is 0 Å². The van der Waals surface area contributed by atoms with E-state index in [0.717, 1.165) is 0 Å². The summed E-state index contributed by atoms with van der Waals surface area (Å²) < 4.78 is 10.6. The van der Waals surface area contributed by atoms with Crippen LogP contribution in [-0.2, 0) is 15.6 Å². The van der Waals surface area contributed by atoms with E-state index >= 15 is 0 Å². The fraction of sp³-hybridized carbons (Fsp3) is 0.600. The van der Waals surface area contributed by atoms with Crippen molar-refractivity contribution in [3.05, 3.63) is 11.4 Å². The van der Waals surface area contributed by atoms with Crippen molar-refractivity contribution in [1.29, 1.82) is 0 Å². The van der Waals surface area contributed by atoms with Crippen molar-refractivity contribution in [2.24, 2.45) is 0 Å². The molecule has 0 spiro atoms. The third-order valence-electron chi connectivity index (χ3n) is 2.12. The zero-order chi connectivity index (χ0) is 13.9. The highest BCUT2D eigenvalue weighted by Gasteiger charge is 2.29. The summed E-state index contributed by atoms with van der Waals surface area (Å²) in [4.78, 5) is 23.2. The Labute approximate surface area is 106 Å². The monoisotopic (exact) mass is 271 g/mol. The highest BCUT2D eigenvalue weighted by molar-refractivity contribution is 6.74. The van der Waals surface area contributed by atoms with Crippen molar-refractivity contribution >= 4 is 20.0 Å². The van der Waals surface area contributed by atoms with Crippen LogP contribution in [0.15, 0.2) is 0 Å². The molecule has 0 unspecified atom stereocenters. The van der Waals surface area contributed by atoms with Gasteiger partial charge in [0.2, 0.25) is 5.69 Å². The fourth-order valence-electron chi connectivity index (χ4n) is 1.41. The molecule has 0 aliphatic rings. The van der Waals surface area contributed by atoms with Crippen LogP contribution in [0, 0.1) is 0 Å². The van der Waals surface area contributed by atoms with Gasteiger partial charge in [-0.1, -0.05) is 24.9 Å². The van der Waals surface area contributed by atoms with Crippen molar-refractivity contribution in [2.45, 2.75) is 25.8 Å². The molecule has 0 aromatic carbocycles. The highest BCUT2D eigenvalue weighted by atomic mass is 28.3. The van der Waals surface area contributed by atoms with E-state index in [1.165, 1.54) is 18.9 Å². The van der Waals surface area contributed by atoms with E-state index < -0.39 is 20.0 Å². The quantitative estimate of drug-likeness (QED) is 0.593. The van der Waals surface area contributed by atoms with Crippen molar-refractivity contribution in [3.63, 3.8) is 0 Å². The molecule has 7 nitrogen and oxygen atoms in total. The second-order valence-electron chi connectivity index (χ2n) is 4.99. The average molecular weight is 271 g/mol. The van der Waals surface area contributed by atoms with Gasteiger partial charge in [-0.3, -0.25) is 0 Å². The molecule has 0 N–H and O–H groups in total. The molecule has 1 rings (SSSR count). The topological polar surface area (TPSA) is 83.3 Å². The van der Waals surface area contributed by atoms with Crippen LogP contribution in [0.5, 0.6) is 0 Å². The van der Waals surface area contributed by atoms with Crippen LogP contribution < -0.4 is 0 Å². The Morgan fingerprint density at radius 1 is 1.17 bits per heavy atom. The number of rotatable bonds is 4. The summed E-state index contributed by atoms with van der Waals surface area (Å²) in [7, 11) is 0.949. The number of ether oxygens (including phenoxy) is 2. The zero-order valence-corrected chi connectivity index (χ0v) is 12.2. The number of carbonyl (C=O) groups excluding carboxylic acids is 2. The minimum atomic E-state index is -1.52. The molecule has 0 amide bonds. The lowest BCUT2D eigenvalue weighted by Crippen LogP contribution is -2.31. The summed E-state index contributed by atoms with van der Waals surface area (Å²) in [6.07, 6.45) is 0.571. The summed E-state index contributed by atoms with van der Waals surface area (Å²) in [5.41, 5.74) is -0.0608. The Balaban J connectivity index is 3.24. The lowest BCUT2D eigenvalue weighted by atomic mass is 10.3. The molecule has 0 aliphatic carbocycles. The standard InChI is InChI=1S/C10H17N3O4Si/c1-16-9(14)7-8(10(15)17-2)13(12-11-7)6-18(3,4)5/h6H2,1-5H3. The van der Waals surface area contributed by atoms with Gasteiger partial charge >= 0.3 is 11.9 Å². The van der Waals surface area contributed by atoms with Crippen molar-refractivity contribution in [3.8, 4) is 0 Å². The van der Waals surface area contributed by atoms with E-state index in [-0.39, 0.29) is 11.4 Å². The summed E-state index contributed by atoms with van der Waals surface area (Å²) in [5, 5.41) is 7.54. The van der Waals surface area contributed by atoms with E-state index in [1.54, 1.807) is 0 Å². The normalized spacial score (nSPS) is 11.2. The molecule has 1 aromatic rings. The van der Waals surface area contributed by atoms with Gasteiger partial charge in [-0.25, -0.2) is 14.3 Å². The molecule has 1 heterocycles. The summed E-state index contributed by atoms with van der Waals surface area (Å²) in [6, 6.07) is 0. The van der Waals surface area contributed by atoms with Crippen LogP contribution in [0.2, 0.25) is 19.6 Å². The number of esters is 2. The van der Waals surface area contributed by atoms with Crippen LogP contribution in [0.3, 0.4) is 0 Å². The van der Waals surface area contributed by atoms with Crippen LogP contribution in [-0.4, -0.2) is 49.2 Å². The molecule has 8 heteroatoms. The van der Waals surface area contributed by atoms with Gasteiger partial charge in [-0.2, -0.15) is 0 Å². The Morgan fingerprint density at radius 2 is 1.72 bits per heavy atom. The molecule has 0 bridgehead atoms. The Bertz CT molecular complexity index is 464. The van der Waals surface area contributed by atoms with Gasteiger partial charge in [0.05, 0.1) is 22.3 Å². The lowest BCUT2D eigenvalue weighted by Gasteiger charge is -2.16. The van der Waals surface area contributed by atoms with Crippen LogP contribution in [0.4, 0.5) is 0 Å². The molecule has 18 heavy (non-hydrogen) atoms. The smallest absolute Gasteiger partial charge is 0.361 e. The Morgan fingerprint density at radius 3 is 2.17 bits per heavy atom. The summed E-state index contributed by atoms with van der Waals surface area (Å²) in [6.45, 7) is 6.36. The Hall–Kier alpha value is -1.70. The molecule has 0 saturated heterocycles. The van der Waals surface area contributed by atoms with Crippen LogP contribution in [0.1, 0.15) is 21.0 Å². The van der Waals surface area contributed by atoms with E-state index in [0.29, 0.717) is 6.17 Å². The van der Waals surface area contributed by atoms with E-state index in [1.807, 2.05) is 0 Å². The fourth-order valence-corrected chi connectivity index (χ4v) is 2.53. The highest BCUT2D eigenvalue weighted by Crippen LogP contribution is 2.12. The minimum absolute atomic E-state index is 0.0479. The molecular weight excluding hydrogens is 254 g/mol. The lowest BCUT2D eigenvalue weighted by molar-refractivity contribution is 0.0544. The first-order valence-corrected chi connectivity index (χ1v) is 9.11. The molecule has 0 atom stereocenters. The minimum Gasteiger partial charge on any atom is -0.464 e. The van der Waals surface area contributed by atoms with Gasteiger partial charge < -0.3 is 9.47 Å². The first kappa shape index (κ1) is 14.4. The maximum Gasteiger partial charge on any atom is 0.361 e. The van der Waals surface area contributed by atoms with Crippen molar-refractivity contribution < 1.29 is 19.1 Å². The van der Waals surface area contributed by atoms with E-state index in [4.69, 9.17) is 0 Å². The maximum absolute atomic E-state index is 11.7. The van der Waals surface area contributed by atoms with Gasteiger partial charge in [0.25, 0.3) is 0 Å². The average Bonchev–Trinajstić information content (AvgIpc) is 2.68. The van der Waals surface area contributed by atoms with Gasteiger partial charge in [0.1, 0.15) is 0 Å². The molecule has 0 aliphatic heterocycles. The third-order valence-corrected chi connectivity index (χ3v) is 3.36. The van der Waals surface area contributed by atoms with Crippen LogP contribution in [0.25, 0.3) is 0 Å². The SMILES string of the molecule is COC(=O)c1nnn(C[Si](C)(C)C)c1C(=O)OC. The van der Waals surface area contributed by atoms with Crippen LogP contribution >= 0.6 is 0 Å². The molecule has 0 saturated carbocycles. The number of hydrogen-bond donors (Lipinski definition) is 0. The second-order valence-corrected chi connectivity index (χ2v) is 10.4. The second kappa shape index (κ2) is 5.30. The number of nitrogens with zero attached hydrogens (tertiary/aromatic N) is 3. The number of methoxy groups -OCH3 is 2.